The number of aromatic nitrogens is 1. The average molecular weight is 590 g/mol. The summed E-state index contributed by atoms with van der Waals surface area (Å²) in [6.07, 6.45) is 6.52. The maximum Gasteiger partial charge on any atom is 0.338 e. The van der Waals surface area contributed by atoms with E-state index in [1.165, 1.54) is 5.56 Å². The van der Waals surface area contributed by atoms with Crippen molar-refractivity contribution in [3.63, 3.8) is 0 Å². The van der Waals surface area contributed by atoms with E-state index in [0.29, 0.717) is 35.6 Å². The van der Waals surface area contributed by atoms with Gasteiger partial charge in [0.1, 0.15) is 17.6 Å². The van der Waals surface area contributed by atoms with Crippen LogP contribution in [0.15, 0.2) is 42.0 Å². The summed E-state index contributed by atoms with van der Waals surface area (Å²) in [6, 6.07) is 11.7. The summed E-state index contributed by atoms with van der Waals surface area (Å²) in [5, 5.41) is 1.08. The molecule has 7 heteroatoms. The van der Waals surface area contributed by atoms with E-state index in [1.807, 2.05) is 64.1 Å². The summed E-state index contributed by atoms with van der Waals surface area (Å²) in [6.45, 7) is 13.1. The van der Waals surface area contributed by atoms with Crippen LogP contribution in [0, 0.1) is 0 Å². The highest BCUT2D eigenvalue weighted by atomic mass is 16.6. The highest BCUT2D eigenvalue weighted by Gasteiger charge is 2.30. The van der Waals surface area contributed by atoms with Crippen molar-refractivity contribution >= 4 is 35.0 Å². The first-order valence-corrected chi connectivity index (χ1v) is 15.3. The smallest absolute Gasteiger partial charge is 0.338 e. The maximum absolute atomic E-state index is 13.1. The number of allylic oxidation sites excluding steroid dienone is 1. The number of fused-ring (bicyclic) bond motifs is 5. The summed E-state index contributed by atoms with van der Waals surface area (Å²) in [4.78, 5) is 37.5. The van der Waals surface area contributed by atoms with Gasteiger partial charge in [-0.05, 0) is 94.0 Å². The summed E-state index contributed by atoms with van der Waals surface area (Å²) in [5.41, 5.74) is 5.47. The van der Waals surface area contributed by atoms with Crippen LogP contribution in [-0.4, -0.2) is 49.0 Å². The van der Waals surface area contributed by atoms with Crippen molar-refractivity contribution in [3.05, 3.63) is 58.7 Å². The Kier molecular flexibility index (Phi) is 11.9. The molecule has 4 rings (SSSR count). The van der Waals surface area contributed by atoms with Gasteiger partial charge in [-0.2, -0.15) is 0 Å². The first-order chi connectivity index (χ1) is 20.5. The number of Topliss-reactive ketones (excluding diaryl/α,β-unsaturated/α-hetero) is 1. The molecule has 0 bridgehead atoms. The molecular formula is C36H47NO6. The first kappa shape index (κ1) is 33.8. The largest absolute Gasteiger partial charge is 0.497 e. The van der Waals surface area contributed by atoms with Gasteiger partial charge in [-0.25, -0.2) is 4.79 Å². The molecule has 0 atom stereocenters. The molecule has 2 aromatic carbocycles. The predicted molar refractivity (Wildman–Crippen MR) is 173 cm³/mol. The third-order valence-corrected chi connectivity index (χ3v) is 7.51. The van der Waals surface area contributed by atoms with Crippen LogP contribution in [0.3, 0.4) is 0 Å². The molecule has 0 aliphatic carbocycles. The average Bonchev–Trinajstić information content (AvgIpc) is 3.18. The van der Waals surface area contributed by atoms with Crippen LogP contribution in [-0.2, 0) is 25.6 Å². The Hall–Kier alpha value is -3.71. The lowest BCUT2D eigenvalue weighted by molar-refractivity contribution is -0.119. The van der Waals surface area contributed by atoms with E-state index >= 15 is 0 Å². The third kappa shape index (κ3) is 8.02. The molecule has 0 saturated heterocycles. The Labute approximate surface area is 256 Å². The maximum atomic E-state index is 13.1. The highest BCUT2D eigenvalue weighted by Crippen LogP contribution is 2.45. The fourth-order valence-corrected chi connectivity index (χ4v) is 5.62. The molecule has 0 N–H and O–H groups in total. The van der Waals surface area contributed by atoms with E-state index in [2.05, 4.69) is 29.2 Å². The molecular weight excluding hydrogens is 542 g/mol. The van der Waals surface area contributed by atoms with E-state index in [0.717, 1.165) is 60.0 Å². The van der Waals surface area contributed by atoms with E-state index in [1.54, 1.807) is 14.2 Å². The molecule has 0 saturated carbocycles. The predicted octanol–water partition coefficient (Wildman–Crippen LogP) is 8.16. The van der Waals surface area contributed by atoms with Gasteiger partial charge in [-0.15, -0.1) is 0 Å². The van der Waals surface area contributed by atoms with Crippen molar-refractivity contribution in [3.8, 4) is 17.0 Å². The van der Waals surface area contributed by atoms with Gasteiger partial charge in [-0.3, -0.25) is 4.79 Å². The zero-order chi connectivity index (χ0) is 31.7. The first-order valence-electron chi connectivity index (χ1n) is 15.3. The van der Waals surface area contributed by atoms with Gasteiger partial charge < -0.3 is 23.6 Å². The number of ketones is 1. The van der Waals surface area contributed by atoms with Crippen LogP contribution in [0.5, 0.6) is 5.75 Å². The number of carbonyl (C=O) groups excluding carboxylic acids is 3. The molecule has 1 aromatic heterocycles. The molecule has 0 spiro atoms. The molecule has 232 valence electrons. The zero-order valence-electron chi connectivity index (χ0n) is 27.0. The van der Waals surface area contributed by atoms with Crippen molar-refractivity contribution in [2.24, 2.45) is 0 Å². The van der Waals surface area contributed by atoms with Crippen molar-refractivity contribution in [2.75, 3.05) is 20.8 Å². The number of methoxy groups -OCH3 is 2. The number of rotatable bonds is 11. The van der Waals surface area contributed by atoms with Crippen molar-refractivity contribution in [2.45, 2.75) is 91.7 Å². The second-order valence-corrected chi connectivity index (χ2v) is 11.9. The van der Waals surface area contributed by atoms with E-state index in [9.17, 15) is 14.4 Å². The molecule has 0 fully saturated rings. The SMILES string of the molecule is CCCC(CCC)c1c2n(c3cc(C(=O)OC(C)(C)C)ccc13)CC(C(=O)CC=O)=Cc1cc(OC)ccc1-2.CCOC. The molecule has 0 amide bonds. The van der Waals surface area contributed by atoms with Gasteiger partial charge in [0.25, 0.3) is 0 Å². The van der Waals surface area contributed by atoms with Crippen LogP contribution >= 0.6 is 0 Å². The minimum Gasteiger partial charge on any atom is -0.497 e. The van der Waals surface area contributed by atoms with Gasteiger partial charge in [0.2, 0.25) is 0 Å². The Morgan fingerprint density at radius 3 is 2.23 bits per heavy atom. The van der Waals surface area contributed by atoms with Gasteiger partial charge in [-0.1, -0.05) is 32.8 Å². The quantitative estimate of drug-likeness (QED) is 0.127. The van der Waals surface area contributed by atoms with E-state index < -0.39 is 5.60 Å². The summed E-state index contributed by atoms with van der Waals surface area (Å²) in [7, 11) is 3.31. The molecule has 7 nitrogen and oxygen atoms in total. The van der Waals surface area contributed by atoms with Crippen molar-refractivity contribution < 1.29 is 28.6 Å². The van der Waals surface area contributed by atoms with Gasteiger partial charge in [0, 0.05) is 35.8 Å². The van der Waals surface area contributed by atoms with Crippen molar-refractivity contribution in [1.29, 1.82) is 0 Å². The number of carbonyl (C=O) groups is 3. The fourth-order valence-electron chi connectivity index (χ4n) is 5.62. The second-order valence-electron chi connectivity index (χ2n) is 11.9. The number of aldehydes is 1. The number of benzene rings is 2. The Morgan fingerprint density at radius 1 is 1.00 bits per heavy atom. The number of ether oxygens (including phenoxy) is 3. The van der Waals surface area contributed by atoms with Crippen LogP contribution in [0.25, 0.3) is 28.2 Å². The highest BCUT2D eigenvalue weighted by molar-refractivity contribution is 6.07. The molecule has 2 heterocycles. The van der Waals surface area contributed by atoms with Crippen molar-refractivity contribution in [1.82, 2.24) is 4.57 Å². The molecule has 1 aliphatic heterocycles. The monoisotopic (exact) mass is 589 g/mol. The Morgan fingerprint density at radius 2 is 1.67 bits per heavy atom. The number of hydrogen-bond donors (Lipinski definition) is 0. The molecule has 1 aliphatic rings. The summed E-state index contributed by atoms with van der Waals surface area (Å²) in [5.74, 6) is 0.418. The standard InChI is InChI=1S/C33H39NO5.C3H8O/c1-7-9-21(10-8-2)30-27-13-11-22(32(37)39-33(3,4)5)19-28(27)34-20-24(29(36)15-16-35)17-23-18-25(38-6)12-14-26(23)31(30)34;1-3-4-2/h11-14,16-19,21H,7-10,15,20H2,1-6H3;3H2,1-2H3. The van der Waals surface area contributed by atoms with E-state index in [-0.39, 0.29) is 18.2 Å². The second kappa shape index (κ2) is 15.1. The van der Waals surface area contributed by atoms with E-state index in [4.69, 9.17) is 9.47 Å². The topological polar surface area (TPSA) is 83.8 Å². The lowest BCUT2D eigenvalue weighted by Gasteiger charge is -2.20. The lowest BCUT2D eigenvalue weighted by Crippen LogP contribution is -2.23. The zero-order valence-corrected chi connectivity index (χ0v) is 27.0. The normalized spacial score (nSPS) is 12.4. The van der Waals surface area contributed by atoms with Crippen LogP contribution < -0.4 is 4.74 Å². The fraction of sp³-hybridized carbons (Fsp3) is 0.472. The van der Waals surface area contributed by atoms with Gasteiger partial charge in [0.15, 0.2) is 5.78 Å². The molecule has 3 aromatic rings. The Bertz CT molecular complexity index is 1470. The number of nitrogens with zero attached hydrogens (tertiary/aromatic N) is 1. The van der Waals surface area contributed by atoms with Gasteiger partial charge >= 0.3 is 5.97 Å². The lowest BCUT2D eigenvalue weighted by atomic mass is 9.86. The van der Waals surface area contributed by atoms with Crippen LogP contribution in [0.4, 0.5) is 0 Å². The van der Waals surface area contributed by atoms with Crippen LogP contribution in [0.2, 0.25) is 0 Å². The summed E-state index contributed by atoms with van der Waals surface area (Å²) < 4.78 is 17.9. The minimum atomic E-state index is -0.615. The number of hydrogen-bond acceptors (Lipinski definition) is 6. The molecule has 0 radical (unpaired) electrons. The third-order valence-electron chi connectivity index (χ3n) is 7.51. The number of esters is 1. The Balaban J connectivity index is 0.00000119. The molecule has 43 heavy (non-hydrogen) atoms. The van der Waals surface area contributed by atoms with Gasteiger partial charge in [0.05, 0.1) is 31.3 Å². The molecule has 0 unspecified atom stereocenters. The van der Waals surface area contributed by atoms with Crippen LogP contribution in [0.1, 0.15) is 101 Å². The summed E-state index contributed by atoms with van der Waals surface area (Å²) >= 11 is 0. The minimum absolute atomic E-state index is 0.177.